The molecule has 0 fully saturated rings. The van der Waals surface area contributed by atoms with Crippen LogP contribution in [0.4, 0.5) is 0 Å². The van der Waals surface area contributed by atoms with Crippen LogP contribution in [0.3, 0.4) is 0 Å². The molecule has 1 atom stereocenters. The van der Waals surface area contributed by atoms with Crippen molar-refractivity contribution >= 4 is 45.5 Å². The molecule has 2 heterocycles. The van der Waals surface area contributed by atoms with E-state index in [-0.39, 0.29) is 11.6 Å². The molecule has 2 aliphatic rings. The van der Waals surface area contributed by atoms with E-state index in [0.29, 0.717) is 14.4 Å². The maximum Gasteiger partial charge on any atom is 0.271 e. The summed E-state index contributed by atoms with van der Waals surface area (Å²) in [6.45, 7) is 0. The van der Waals surface area contributed by atoms with Crippen LogP contribution in [0.15, 0.2) is 106 Å². The molecule has 1 aliphatic heterocycles. The lowest BCUT2D eigenvalue weighted by atomic mass is 9.83. The van der Waals surface area contributed by atoms with Gasteiger partial charge in [-0.3, -0.25) is 9.36 Å². The van der Waals surface area contributed by atoms with Gasteiger partial charge in [-0.1, -0.05) is 108 Å². The van der Waals surface area contributed by atoms with E-state index in [1.54, 1.807) is 0 Å². The second kappa shape index (κ2) is 8.44. The highest BCUT2D eigenvalue weighted by Gasteiger charge is 2.33. The number of aryl methyl sites for hydroxylation is 1. The van der Waals surface area contributed by atoms with Crippen LogP contribution >= 0.6 is 22.9 Å². The SMILES string of the molecule is O=c1/c(=C/c2cccc3ccccc23)sc2n1[C@@H](c1ccccc1Cl)C1=C(N=2)c2ccccc2CC1. The quantitative estimate of drug-likeness (QED) is 0.285. The molecule has 5 heteroatoms. The zero-order valence-electron chi connectivity index (χ0n) is 19.3. The van der Waals surface area contributed by atoms with Crippen LogP contribution in [0.25, 0.3) is 22.5 Å². The summed E-state index contributed by atoms with van der Waals surface area (Å²) in [5.41, 5.74) is 6.54. The topological polar surface area (TPSA) is 34.4 Å². The van der Waals surface area contributed by atoms with Crippen molar-refractivity contribution in [2.24, 2.45) is 4.99 Å². The van der Waals surface area contributed by atoms with Crippen molar-refractivity contribution in [2.45, 2.75) is 18.9 Å². The van der Waals surface area contributed by atoms with Crippen molar-refractivity contribution in [1.29, 1.82) is 0 Å². The Hall–Kier alpha value is -3.73. The lowest BCUT2D eigenvalue weighted by Gasteiger charge is -2.31. The largest absolute Gasteiger partial charge is 0.272 e. The zero-order chi connectivity index (χ0) is 24.2. The second-order valence-corrected chi connectivity index (χ2v) is 10.6. The van der Waals surface area contributed by atoms with Gasteiger partial charge in [-0.25, -0.2) is 4.99 Å². The summed E-state index contributed by atoms with van der Waals surface area (Å²) in [5, 5.41) is 2.94. The molecule has 0 N–H and O–H groups in total. The van der Waals surface area contributed by atoms with Gasteiger partial charge in [0.1, 0.15) is 0 Å². The summed E-state index contributed by atoms with van der Waals surface area (Å²) in [7, 11) is 0. The van der Waals surface area contributed by atoms with Crippen molar-refractivity contribution in [3.63, 3.8) is 0 Å². The lowest BCUT2D eigenvalue weighted by molar-refractivity contribution is 0.585. The van der Waals surface area contributed by atoms with Crippen molar-refractivity contribution in [3.05, 3.63) is 144 Å². The molecule has 4 aromatic carbocycles. The van der Waals surface area contributed by atoms with Crippen molar-refractivity contribution < 1.29 is 0 Å². The molecular weight excluding hydrogens is 484 g/mol. The van der Waals surface area contributed by atoms with Crippen LogP contribution in [0, 0.1) is 0 Å². The Balaban J connectivity index is 1.52. The number of halogens is 1. The minimum Gasteiger partial charge on any atom is -0.272 e. The fourth-order valence-corrected chi connectivity index (χ4v) is 6.74. The van der Waals surface area contributed by atoms with Crippen molar-refractivity contribution in [1.82, 2.24) is 4.57 Å². The van der Waals surface area contributed by atoms with Crippen molar-refractivity contribution in [2.75, 3.05) is 0 Å². The average molecular weight is 505 g/mol. The highest BCUT2D eigenvalue weighted by atomic mass is 35.5. The lowest BCUT2D eigenvalue weighted by Crippen LogP contribution is -2.38. The Bertz CT molecular complexity index is 1890. The Labute approximate surface area is 217 Å². The number of thiazole rings is 1. The van der Waals surface area contributed by atoms with Crippen molar-refractivity contribution in [3.8, 4) is 0 Å². The molecule has 5 aromatic rings. The van der Waals surface area contributed by atoms with Gasteiger partial charge in [0.05, 0.1) is 16.3 Å². The minimum absolute atomic E-state index is 0.0259. The summed E-state index contributed by atoms with van der Waals surface area (Å²) in [4.78, 5) is 19.8. The molecule has 0 unspecified atom stereocenters. The third-order valence-electron chi connectivity index (χ3n) is 7.18. The van der Waals surface area contributed by atoms with Crippen LogP contribution in [0.5, 0.6) is 0 Å². The van der Waals surface area contributed by atoms with Gasteiger partial charge in [0.2, 0.25) is 0 Å². The molecule has 0 spiro atoms. The molecule has 174 valence electrons. The van der Waals surface area contributed by atoms with E-state index in [9.17, 15) is 4.79 Å². The molecule has 0 saturated heterocycles. The molecule has 1 aliphatic carbocycles. The van der Waals surface area contributed by atoms with E-state index >= 15 is 0 Å². The molecular formula is C31H21ClN2OS. The van der Waals surface area contributed by atoms with Gasteiger partial charge in [0, 0.05) is 10.6 Å². The van der Waals surface area contributed by atoms with Crippen LogP contribution in [-0.2, 0) is 6.42 Å². The Morgan fingerprint density at radius 2 is 1.67 bits per heavy atom. The summed E-state index contributed by atoms with van der Waals surface area (Å²) < 4.78 is 2.53. The van der Waals surface area contributed by atoms with E-state index in [1.165, 1.54) is 16.9 Å². The summed E-state index contributed by atoms with van der Waals surface area (Å²) in [6.07, 6.45) is 3.78. The smallest absolute Gasteiger partial charge is 0.271 e. The van der Waals surface area contributed by atoms with Crippen LogP contribution in [0.2, 0.25) is 5.02 Å². The Morgan fingerprint density at radius 3 is 2.58 bits per heavy atom. The van der Waals surface area contributed by atoms with Gasteiger partial charge >= 0.3 is 0 Å². The zero-order valence-corrected chi connectivity index (χ0v) is 20.9. The first-order chi connectivity index (χ1) is 17.7. The van der Waals surface area contributed by atoms with Gasteiger partial charge in [-0.05, 0) is 58.0 Å². The fraction of sp³-hybridized carbons (Fsp3) is 0.0968. The van der Waals surface area contributed by atoms with Gasteiger partial charge in [0.15, 0.2) is 4.80 Å². The average Bonchev–Trinajstić information content (AvgIpc) is 3.22. The third kappa shape index (κ3) is 3.33. The molecule has 0 bridgehead atoms. The summed E-state index contributed by atoms with van der Waals surface area (Å²) in [6, 6.07) is 30.5. The highest BCUT2D eigenvalue weighted by molar-refractivity contribution is 7.07. The monoisotopic (exact) mass is 504 g/mol. The number of hydrogen-bond acceptors (Lipinski definition) is 3. The molecule has 3 nitrogen and oxygen atoms in total. The summed E-state index contributed by atoms with van der Waals surface area (Å²) in [5.74, 6) is 0. The maximum absolute atomic E-state index is 14.0. The number of hydrogen-bond donors (Lipinski definition) is 0. The standard InChI is InChI=1S/C31H21ClN2OS/c32-26-15-6-5-14-24(26)29-25-17-16-20-9-2-4-13-23(20)28(25)33-31-34(29)30(35)27(36-31)18-21-11-7-10-19-8-1-3-12-22(19)21/h1-15,18,29H,16-17H2/b27-18-/t29-/m0/s1. The highest BCUT2D eigenvalue weighted by Crippen LogP contribution is 2.42. The molecule has 0 amide bonds. The third-order valence-corrected chi connectivity index (χ3v) is 8.51. The number of nitrogens with zero attached hydrogens (tertiary/aromatic N) is 2. The Morgan fingerprint density at radius 1 is 0.889 bits per heavy atom. The van der Waals surface area contributed by atoms with E-state index in [2.05, 4.69) is 48.5 Å². The van der Waals surface area contributed by atoms with E-state index in [4.69, 9.17) is 16.6 Å². The number of fused-ring (bicyclic) bond motifs is 4. The number of aromatic nitrogens is 1. The first-order valence-electron chi connectivity index (χ1n) is 12.0. The normalized spacial score (nSPS) is 16.9. The van der Waals surface area contributed by atoms with Gasteiger partial charge in [-0.2, -0.15) is 0 Å². The Kier molecular flexibility index (Phi) is 5.05. The fourth-order valence-electron chi connectivity index (χ4n) is 5.51. The van der Waals surface area contributed by atoms with Crippen LogP contribution in [-0.4, -0.2) is 4.57 Å². The van der Waals surface area contributed by atoms with Crippen LogP contribution in [0.1, 0.15) is 34.7 Å². The minimum atomic E-state index is -0.270. The van der Waals surface area contributed by atoms with Gasteiger partial charge < -0.3 is 0 Å². The predicted molar refractivity (Wildman–Crippen MR) is 148 cm³/mol. The molecule has 0 radical (unpaired) electrons. The predicted octanol–water partition coefficient (Wildman–Crippen LogP) is 6.13. The number of benzene rings is 4. The first kappa shape index (κ1) is 21.5. The summed E-state index contributed by atoms with van der Waals surface area (Å²) >= 11 is 8.19. The van der Waals surface area contributed by atoms with Gasteiger partial charge in [0.25, 0.3) is 5.56 Å². The number of allylic oxidation sites excluding steroid dienone is 1. The van der Waals surface area contributed by atoms with E-state index < -0.39 is 0 Å². The second-order valence-electron chi connectivity index (χ2n) is 9.20. The number of rotatable bonds is 2. The molecule has 7 rings (SSSR count). The van der Waals surface area contributed by atoms with E-state index in [1.807, 2.05) is 53.1 Å². The first-order valence-corrected chi connectivity index (χ1v) is 13.2. The maximum atomic E-state index is 14.0. The van der Waals surface area contributed by atoms with Gasteiger partial charge in [-0.15, -0.1) is 0 Å². The van der Waals surface area contributed by atoms with E-state index in [0.717, 1.165) is 51.6 Å². The molecule has 0 saturated carbocycles. The molecule has 36 heavy (non-hydrogen) atoms. The molecule has 1 aromatic heterocycles. The van der Waals surface area contributed by atoms with Crippen LogP contribution < -0.4 is 14.9 Å².